The van der Waals surface area contributed by atoms with Gasteiger partial charge >= 0.3 is 5.97 Å². The van der Waals surface area contributed by atoms with Gasteiger partial charge in [0.2, 0.25) is 0 Å². The number of aliphatic imine (C=N–C) groups is 1. The summed E-state index contributed by atoms with van der Waals surface area (Å²) < 4.78 is 3.39. The maximum absolute atomic E-state index is 11.2. The summed E-state index contributed by atoms with van der Waals surface area (Å²) in [5.74, 6) is -0.946. The maximum Gasteiger partial charge on any atom is 0.335 e. The molecule has 132 valence electrons. The Bertz CT molecular complexity index is 1000. The van der Waals surface area contributed by atoms with Crippen LogP contribution in [-0.2, 0) is 0 Å². The molecule has 0 atom stereocenters. The Labute approximate surface area is 166 Å². The third kappa shape index (κ3) is 3.72. The van der Waals surface area contributed by atoms with Crippen molar-refractivity contribution in [1.29, 1.82) is 0 Å². The third-order valence-electron chi connectivity index (χ3n) is 4.35. The molecule has 0 saturated carbocycles. The number of nitrogens with zero attached hydrogens (tertiary/aromatic N) is 2. The lowest BCUT2D eigenvalue weighted by atomic mass is 10.1. The van der Waals surface area contributed by atoms with Gasteiger partial charge < -0.3 is 9.67 Å². The van der Waals surface area contributed by atoms with Crippen LogP contribution >= 0.6 is 22.6 Å². The Balaban J connectivity index is 1.98. The summed E-state index contributed by atoms with van der Waals surface area (Å²) in [7, 11) is 0. The van der Waals surface area contributed by atoms with Crippen molar-refractivity contribution in [2.75, 3.05) is 0 Å². The van der Waals surface area contributed by atoms with Crippen molar-refractivity contribution < 1.29 is 9.90 Å². The van der Waals surface area contributed by atoms with Crippen LogP contribution in [0.1, 0.15) is 32.9 Å². The van der Waals surface area contributed by atoms with Gasteiger partial charge in [-0.05, 0) is 91.4 Å². The first-order valence-corrected chi connectivity index (χ1v) is 9.27. The SMILES string of the molecule is Cc1ccc(C(=O)O)cc1N=Cc1cc(C)n(-c2ccc(I)cc2)c1C. The van der Waals surface area contributed by atoms with Gasteiger partial charge in [-0.15, -0.1) is 0 Å². The van der Waals surface area contributed by atoms with E-state index in [1.165, 1.54) is 3.57 Å². The van der Waals surface area contributed by atoms with Gasteiger partial charge in [-0.2, -0.15) is 0 Å². The van der Waals surface area contributed by atoms with E-state index in [2.05, 4.69) is 76.3 Å². The van der Waals surface area contributed by atoms with Crippen molar-refractivity contribution >= 4 is 40.5 Å². The van der Waals surface area contributed by atoms with Crippen LogP contribution < -0.4 is 0 Å². The quantitative estimate of drug-likeness (QED) is 0.417. The Morgan fingerprint density at radius 1 is 1.08 bits per heavy atom. The summed E-state index contributed by atoms with van der Waals surface area (Å²) in [6.45, 7) is 6.05. The summed E-state index contributed by atoms with van der Waals surface area (Å²) >= 11 is 2.30. The second-order valence-corrected chi connectivity index (χ2v) is 7.45. The number of carbonyl (C=O) groups is 1. The predicted molar refractivity (Wildman–Crippen MR) is 113 cm³/mol. The number of aromatic carboxylic acids is 1. The zero-order chi connectivity index (χ0) is 18.8. The van der Waals surface area contributed by atoms with E-state index in [-0.39, 0.29) is 5.56 Å². The summed E-state index contributed by atoms with van der Waals surface area (Å²) in [5.41, 5.74) is 6.21. The van der Waals surface area contributed by atoms with Crippen LogP contribution in [-0.4, -0.2) is 21.9 Å². The summed E-state index contributed by atoms with van der Waals surface area (Å²) in [6.07, 6.45) is 1.81. The highest BCUT2D eigenvalue weighted by molar-refractivity contribution is 14.1. The highest BCUT2D eigenvalue weighted by Crippen LogP contribution is 2.23. The van der Waals surface area contributed by atoms with E-state index in [0.29, 0.717) is 5.69 Å². The lowest BCUT2D eigenvalue weighted by Gasteiger charge is -2.09. The molecule has 3 rings (SSSR count). The first kappa shape index (κ1) is 18.4. The number of hydrogen-bond acceptors (Lipinski definition) is 2. The number of halogens is 1. The van der Waals surface area contributed by atoms with Crippen molar-refractivity contribution in [3.63, 3.8) is 0 Å². The van der Waals surface area contributed by atoms with E-state index in [1.807, 2.05) is 6.92 Å². The standard InChI is InChI=1S/C21H19IN2O2/c1-13-4-5-16(21(25)26)11-20(13)23-12-17-10-14(2)24(15(17)3)19-8-6-18(22)7-9-19/h4-12H,1-3H3,(H,25,26). The fourth-order valence-electron chi connectivity index (χ4n) is 2.93. The highest BCUT2D eigenvalue weighted by Gasteiger charge is 2.10. The van der Waals surface area contributed by atoms with Crippen LogP contribution in [0.4, 0.5) is 5.69 Å². The molecular formula is C21H19IN2O2. The molecule has 2 aromatic carbocycles. The molecule has 3 aromatic rings. The van der Waals surface area contributed by atoms with E-state index >= 15 is 0 Å². The average Bonchev–Trinajstić information content (AvgIpc) is 2.89. The lowest BCUT2D eigenvalue weighted by molar-refractivity contribution is 0.0697. The number of rotatable bonds is 4. The fourth-order valence-corrected chi connectivity index (χ4v) is 3.29. The number of aromatic nitrogens is 1. The molecule has 0 saturated heterocycles. The molecular weight excluding hydrogens is 439 g/mol. The van der Waals surface area contributed by atoms with Crippen LogP contribution in [0.3, 0.4) is 0 Å². The monoisotopic (exact) mass is 458 g/mol. The van der Waals surface area contributed by atoms with Crippen LogP contribution in [0.15, 0.2) is 53.5 Å². The Morgan fingerprint density at radius 2 is 1.77 bits per heavy atom. The van der Waals surface area contributed by atoms with E-state index < -0.39 is 5.97 Å². The van der Waals surface area contributed by atoms with Gasteiger partial charge in [0.1, 0.15) is 0 Å². The molecule has 0 unspecified atom stereocenters. The molecule has 1 heterocycles. The van der Waals surface area contributed by atoms with E-state index in [0.717, 1.165) is 28.2 Å². The minimum Gasteiger partial charge on any atom is -0.478 e. The van der Waals surface area contributed by atoms with Gasteiger partial charge in [-0.3, -0.25) is 4.99 Å². The molecule has 0 spiro atoms. The molecule has 0 aliphatic carbocycles. The van der Waals surface area contributed by atoms with E-state index in [9.17, 15) is 4.79 Å². The summed E-state index contributed by atoms with van der Waals surface area (Å²) in [6, 6.07) is 15.4. The van der Waals surface area contributed by atoms with Crippen molar-refractivity contribution in [2.24, 2.45) is 4.99 Å². The lowest BCUT2D eigenvalue weighted by Crippen LogP contribution is -1.99. The van der Waals surface area contributed by atoms with Crippen molar-refractivity contribution in [3.8, 4) is 5.69 Å². The number of benzene rings is 2. The Hall–Kier alpha value is -2.41. The van der Waals surface area contributed by atoms with Gasteiger partial charge in [0.25, 0.3) is 0 Å². The van der Waals surface area contributed by atoms with E-state index in [1.54, 1.807) is 24.4 Å². The predicted octanol–water partition coefficient (Wildman–Crippen LogP) is 5.46. The molecule has 0 aliphatic rings. The second kappa shape index (κ2) is 7.45. The van der Waals surface area contributed by atoms with Gasteiger partial charge in [0.05, 0.1) is 11.3 Å². The second-order valence-electron chi connectivity index (χ2n) is 6.20. The smallest absolute Gasteiger partial charge is 0.335 e. The van der Waals surface area contributed by atoms with Gasteiger partial charge in [-0.1, -0.05) is 6.07 Å². The third-order valence-corrected chi connectivity index (χ3v) is 5.07. The van der Waals surface area contributed by atoms with Crippen LogP contribution in [0.25, 0.3) is 5.69 Å². The van der Waals surface area contributed by atoms with Gasteiger partial charge in [0.15, 0.2) is 0 Å². The number of hydrogen-bond donors (Lipinski definition) is 1. The van der Waals surface area contributed by atoms with Crippen LogP contribution in [0, 0.1) is 24.3 Å². The van der Waals surface area contributed by atoms with Crippen molar-refractivity contribution in [1.82, 2.24) is 4.57 Å². The van der Waals surface area contributed by atoms with Crippen LogP contribution in [0.5, 0.6) is 0 Å². The first-order chi connectivity index (χ1) is 12.4. The zero-order valence-corrected chi connectivity index (χ0v) is 17.0. The number of carboxylic acids is 1. The number of carboxylic acid groups (broad SMARTS) is 1. The molecule has 26 heavy (non-hydrogen) atoms. The fraction of sp³-hybridized carbons (Fsp3) is 0.143. The Kier molecular flexibility index (Phi) is 5.27. The molecule has 1 N–H and O–H groups in total. The molecule has 5 heteroatoms. The minimum atomic E-state index is -0.946. The summed E-state index contributed by atoms with van der Waals surface area (Å²) in [4.78, 5) is 15.7. The minimum absolute atomic E-state index is 0.243. The number of aryl methyl sites for hydroxylation is 2. The van der Waals surface area contributed by atoms with Crippen molar-refractivity contribution in [2.45, 2.75) is 20.8 Å². The van der Waals surface area contributed by atoms with Gasteiger partial charge in [0, 0.05) is 32.4 Å². The van der Waals surface area contributed by atoms with Gasteiger partial charge in [-0.25, -0.2) is 4.79 Å². The first-order valence-electron chi connectivity index (χ1n) is 8.19. The largest absolute Gasteiger partial charge is 0.478 e. The molecule has 0 aliphatic heterocycles. The maximum atomic E-state index is 11.2. The zero-order valence-electron chi connectivity index (χ0n) is 14.8. The molecule has 4 nitrogen and oxygen atoms in total. The topological polar surface area (TPSA) is 54.6 Å². The molecule has 0 bridgehead atoms. The highest BCUT2D eigenvalue weighted by atomic mass is 127. The molecule has 0 fully saturated rings. The molecule has 0 amide bonds. The van der Waals surface area contributed by atoms with Crippen LogP contribution in [0.2, 0.25) is 0 Å². The normalized spacial score (nSPS) is 11.2. The van der Waals surface area contributed by atoms with Crippen molar-refractivity contribution in [3.05, 3.63) is 80.2 Å². The average molecular weight is 458 g/mol. The molecule has 0 radical (unpaired) electrons. The Morgan fingerprint density at radius 3 is 2.42 bits per heavy atom. The molecule has 1 aromatic heterocycles. The van der Waals surface area contributed by atoms with E-state index in [4.69, 9.17) is 5.11 Å². The summed E-state index contributed by atoms with van der Waals surface area (Å²) in [5, 5.41) is 9.16.